The Morgan fingerprint density at radius 1 is 1.77 bits per heavy atom. The van der Waals surface area contributed by atoms with Gasteiger partial charge in [-0.3, -0.25) is 0 Å². The largest absolute Gasteiger partial charge is 0.300 e. The second-order valence-corrected chi connectivity index (χ2v) is 3.40. The topological polar surface area (TPSA) is 32.7 Å². The van der Waals surface area contributed by atoms with Crippen LogP contribution in [0.5, 0.6) is 0 Å². The van der Waals surface area contributed by atoms with E-state index in [1.165, 1.54) is 25.5 Å². The van der Waals surface area contributed by atoms with Crippen LogP contribution >= 0.6 is 0 Å². The van der Waals surface area contributed by atoms with E-state index in [4.69, 9.17) is 0 Å². The van der Waals surface area contributed by atoms with Gasteiger partial charge in [-0.2, -0.15) is 4.99 Å². The molecule has 0 spiro atoms. The minimum absolute atomic E-state index is 0.537. The molecule has 13 heavy (non-hydrogen) atoms. The maximum Gasteiger partial charge on any atom is 0.240 e. The van der Waals surface area contributed by atoms with E-state index in [1.807, 2.05) is 0 Å². The lowest BCUT2D eigenvalue weighted by atomic mass is 10.1. The van der Waals surface area contributed by atoms with Crippen LogP contribution in [0, 0.1) is 0 Å². The van der Waals surface area contributed by atoms with E-state index in [0.717, 1.165) is 13.0 Å². The second-order valence-electron chi connectivity index (χ2n) is 3.40. The SMILES string of the molecule is C=C(CC1CCCN1CC)N=C=O. The zero-order chi connectivity index (χ0) is 9.68. The molecule has 0 aromatic heterocycles. The minimum Gasteiger partial charge on any atom is -0.300 e. The summed E-state index contributed by atoms with van der Waals surface area (Å²) in [6.07, 6.45) is 4.78. The Labute approximate surface area is 79.1 Å². The molecule has 1 rings (SSSR count). The van der Waals surface area contributed by atoms with Gasteiger partial charge >= 0.3 is 0 Å². The molecule has 0 radical (unpaired) electrons. The average molecular weight is 180 g/mol. The van der Waals surface area contributed by atoms with Crippen LogP contribution in [-0.2, 0) is 4.79 Å². The van der Waals surface area contributed by atoms with E-state index in [9.17, 15) is 4.79 Å². The van der Waals surface area contributed by atoms with Crippen molar-refractivity contribution in [2.45, 2.75) is 32.2 Å². The maximum absolute atomic E-state index is 9.97. The molecule has 1 heterocycles. The molecule has 3 nitrogen and oxygen atoms in total. The van der Waals surface area contributed by atoms with Crippen molar-refractivity contribution in [2.75, 3.05) is 13.1 Å². The molecular formula is C10H16N2O. The van der Waals surface area contributed by atoms with Crippen LogP contribution < -0.4 is 0 Å². The normalized spacial score (nSPS) is 22.7. The van der Waals surface area contributed by atoms with Crippen molar-refractivity contribution >= 4 is 6.08 Å². The third-order valence-electron chi connectivity index (χ3n) is 2.58. The van der Waals surface area contributed by atoms with Crippen LogP contribution in [-0.4, -0.2) is 30.1 Å². The van der Waals surface area contributed by atoms with E-state index in [0.29, 0.717) is 11.7 Å². The molecule has 0 aromatic carbocycles. The quantitative estimate of drug-likeness (QED) is 0.487. The number of likely N-dealkylation sites (tertiary alicyclic amines) is 1. The predicted octanol–water partition coefficient (Wildman–Crippen LogP) is 1.71. The fourth-order valence-corrected chi connectivity index (χ4v) is 1.92. The molecule has 0 bridgehead atoms. The first-order chi connectivity index (χ1) is 6.27. The van der Waals surface area contributed by atoms with Crippen LogP contribution in [0.2, 0.25) is 0 Å². The highest BCUT2D eigenvalue weighted by atomic mass is 16.1. The standard InChI is InChI=1S/C10H16N2O/c1-3-12-6-4-5-10(12)7-9(2)11-8-13/h10H,2-7H2,1H3. The molecule has 72 valence electrons. The Hall–Kier alpha value is -0.920. The summed E-state index contributed by atoms with van der Waals surface area (Å²) in [4.78, 5) is 15.9. The average Bonchev–Trinajstić information content (AvgIpc) is 2.52. The molecule has 1 aliphatic rings. The summed E-state index contributed by atoms with van der Waals surface area (Å²) in [5, 5.41) is 0. The number of nitrogens with zero attached hydrogens (tertiary/aromatic N) is 2. The highest BCUT2D eigenvalue weighted by Gasteiger charge is 2.23. The van der Waals surface area contributed by atoms with Crippen molar-refractivity contribution in [3.8, 4) is 0 Å². The Morgan fingerprint density at radius 3 is 3.15 bits per heavy atom. The molecule has 0 aliphatic carbocycles. The zero-order valence-corrected chi connectivity index (χ0v) is 8.12. The van der Waals surface area contributed by atoms with E-state index in [-0.39, 0.29) is 0 Å². The van der Waals surface area contributed by atoms with Crippen LogP contribution in [0.3, 0.4) is 0 Å². The van der Waals surface area contributed by atoms with E-state index >= 15 is 0 Å². The van der Waals surface area contributed by atoms with Crippen molar-refractivity contribution in [1.82, 2.24) is 4.90 Å². The summed E-state index contributed by atoms with van der Waals surface area (Å²) in [7, 11) is 0. The molecule has 1 atom stereocenters. The van der Waals surface area contributed by atoms with Gasteiger partial charge in [0.25, 0.3) is 0 Å². The van der Waals surface area contributed by atoms with Crippen molar-refractivity contribution in [1.29, 1.82) is 0 Å². The number of isocyanates is 1. The smallest absolute Gasteiger partial charge is 0.240 e. The van der Waals surface area contributed by atoms with Gasteiger partial charge < -0.3 is 4.90 Å². The van der Waals surface area contributed by atoms with Crippen molar-refractivity contribution < 1.29 is 4.79 Å². The maximum atomic E-state index is 9.97. The van der Waals surface area contributed by atoms with Crippen molar-refractivity contribution in [3.05, 3.63) is 12.3 Å². The molecule has 0 N–H and O–H groups in total. The van der Waals surface area contributed by atoms with Crippen LogP contribution in [0.1, 0.15) is 26.2 Å². The first-order valence-corrected chi connectivity index (χ1v) is 4.77. The van der Waals surface area contributed by atoms with Crippen LogP contribution in [0.15, 0.2) is 17.3 Å². The number of rotatable bonds is 4. The summed E-state index contributed by atoms with van der Waals surface area (Å²) in [5.74, 6) is 0. The third kappa shape index (κ3) is 2.79. The Kier molecular flexibility index (Phi) is 3.87. The molecular weight excluding hydrogens is 164 g/mol. The van der Waals surface area contributed by atoms with Crippen LogP contribution in [0.25, 0.3) is 0 Å². The monoisotopic (exact) mass is 180 g/mol. The summed E-state index contributed by atoms with van der Waals surface area (Å²) in [6.45, 7) is 8.12. The molecule has 3 heteroatoms. The van der Waals surface area contributed by atoms with Gasteiger partial charge in [-0.05, 0) is 25.9 Å². The minimum atomic E-state index is 0.537. The Bertz CT molecular complexity index is 231. The Morgan fingerprint density at radius 2 is 2.54 bits per heavy atom. The molecule has 1 saturated heterocycles. The van der Waals surface area contributed by atoms with E-state index < -0.39 is 0 Å². The fourth-order valence-electron chi connectivity index (χ4n) is 1.92. The Balaban J connectivity index is 2.43. The zero-order valence-electron chi connectivity index (χ0n) is 8.12. The number of aliphatic imine (C=N–C) groups is 1. The van der Waals surface area contributed by atoms with E-state index in [2.05, 4.69) is 23.4 Å². The molecule has 0 saturated carbocycles. The van der Waals surface area contributed by atoms with Gasteiger partial charge in [-0.25, -0.2) is 4.79 Å². The molecule has 1 aliphatic heterocycles. The van der Waals surface area contributed by atoms with E-state index in [1.54, 1.807) is 0 Å². The lowest BCUT2D eigenvalue weighted by Gasteiger charge is -2.21. The molecule has 0 amide bonds. The molecule has 0 aromatic rings. The highest BCUT2D eigenvalue weighted by Crippen LogP contribution is 2.22. The van der Waals surface area contributed by atoms with Gasteiger partial charge in [0.15, 0.2) is 0 Å². The first-order valence-electron chi connectivity index (χ1n) is 4.77. The van der Waals surface area contributed by atoms with Gasteiger partial charge in [-0.15, -0.1) is 0 Å². The lowest BCUT2D eigenvalue weighted by molar-refractivity contribution is 0.265. The third-order valence-corrected chi connectivity index (χ3v) is 2.58. The molecule has 1 fully saturated rings. The number of hydrogen-bond acceptors (Lipinski definition) is 3. The first kappa shape index (κ1) is 10.2. The van der Waals surface area contributed by atoms with Gasteiger partial charge in [0, 0.05) is 18.2 Å². The number of carbonyl (C=O) groups excluding carboxylic acids is 1. The fraction of sp³-hybridized carbons (Fsp3) is 0.700. The summed E-state index contributed by atoms with van der Waals surface area (Å²) in [5.41, 5.74) is 0.653. The summed E-state index contributed by atoms with van der Waals surface area (Å²) < 4.78 is 0. The predicted molar refractivity (Wildman–Crippen MR) is 52.1 cm³/mol. The highest BCUT2D eigenvalue weighted by molar-refractivity contribution is 5.36. The second kappa shape index (κ2) is 4.95. The number of hydrogen-bond donors (Lipinski definition) is 0. The molecule has 1 unspecified atom stereocenters. The van der Waals surface area contributed by atoms with Gasteiger partial charge in [0.2, 0.25) is 6.08 Å². The van der Waals surface area contributed by atoms with Gasteiger partial charge in [-0.1, -0.05) is 13.5 Å². The van der Waals surface area contributed by atoms with Crippen LogP contribution in [0.4, 0.5) is 0 Å². The van der Waals surface area contributed by atoms with Crippen molar-refractivity contribution in [2.24, 2.45) is 4.99 Å². The van der Waals surface area contributed by atoms with Gasteiger partial charge in [0.1, 0.15) is 0 Å². The summed E-state index contributed by atoms with van der Waals surface area (Å²) in [6, 6.07) is 0.537. The summed E-state index contributed by atoms with van der Waals surface area (Å²) >= 11 is 0. The lowest BCUT2D eigenvalue weighted by Crippen LogP contribution is -2.29. The van der Waals surface area contributed by atoms with Crippen molar-refractivity contribution in [3.63, 3.8) is 0 Å². The van der Waals surface area contributed by atoms with Gasteiger partial charge in [0.05, 0.1) is 0 Å².